The fourth-order valence-corrected chi connectivity index (χ4v) is 7.49. The maximum atomic E-state index is 4.43. The molecule has 0 radical (unpaired) electrons. The normalized spacial score (nSPS) is 14.1. The van der Waals surface area contributed by atoms with Crippen molar-refractivity contribution in [1.82, 2.24) is 4.57 Å². The van der Waals surface area contributed by atoms with E-state index in [9.17, 15) is 0 Å². The van der Waals surface area contributed by atoms with Gasteiger partial charge >= 0.3 is 0 Å². The number of para-hydroxylation sites is 2. The molecule has 0 aliphatic carbocycles. The first-order chi connectivity index (χ1) is 25.2. The minimum Gasteiger partial charge on any atom is -0.337 e. The van der Waals surface area contributed by atoms with E-state index in [1.54, 1.807) is 0 Å². The second-order valence-electron chi connectivity index (χ2n) is 13.0. The third-order valence-electron chi connectivity index (χ3n) is 9.97. The lowest BCUT2D eigenvalue weighted by atomic mass is 9.94. The van der Waals surface area contributed by atoms with E-state index in [-0.39, 0.29) is 0 Å². The first-order valence-corrected chi connectivity index (χ1v) is 17.5. The van der Waals surface area contributed by atoms with Crippen LogP contribution in [0.25, 0.3) is 66.4 Å². The Morgan fingerprint density at radius 2 is 1.06 bits per heavy atom. The van der Waals surface area contributed by atoms with Crippen molar-refractivity contribution in [2.45, 2.75) is 0 Å². The molecule has 0 spiro atoms. The van der Waals surface area contributed by atoms with Gasteiger partial charge in [0.15, 0.2) is 0 Å². The van der Waals surface area contributed by atoms with Gasteiger partial charge in [0, 0.05) is 39.9 Å². The highest BCUT2D eigenvalue weighted by Crippen LogP contribution is 2.41. The molecule has 2 heterocycles. The molecule has 7 aromatic carbocycles. The van der Waals surface area contributed by atoms with Crippen molar-refractivity contribution < 1.29 is 0 Å². The van der Waals surface area contributed by atoms with Crippen molar-refractivity contribution in [3.05, 3.63) is 206 Å². The SMILES string of the molecule is C=C1/C=C\C=C/CN(c2ccccc2)c2cc(-c3ccc4c(c3)c3ccccc3n4-c3ccc(-c4ccccc4)c(-c4ccccc4)c3)ccc21. The Labute approximate surface area is 299 Å². The van der Waals surface area contributed by atoms with E-state index in [1.807, 2.05) is 0 Å². The van der Waals surface area contributed by atoms with Crippen molar-refractivity contribution in [2.24, 2.45) is 0 Å². The van der Waals surface area contributed by atoms with E-state index in [2.05, 4.69) is 210 Å². The van der Waals surface area contributed by atoms with Crippen LogP contribution in [0, 0.1) is 0 Å². The van der Waals surface area contributed by atoms with E-state index in [0.717, 1.165) is 34.7 Å². The fraction of sp³-hybridized carbons (Fsp3) is 0.0204. The summed E-state index contributed by atoms with van der Waals surface area (Å²) in [5.41, 5.74) is 15.2. The van der Waals surface area contributed by atoms with Gasteiger partial charge in [-0.05, 0) is 87.5 Å². The zero-order valence-corrected chi connectivity index (χ0v) is 28.3. The van der Waals surface area contributed by atoms with Crippen LogP contribution < -0.4 is 4.90 Å². The number of aromatic nitrogens is 1. The number of fused-ring (bicyclic) bond motifs is 4. The minimum absolute atomic E-state index is 0.763. The Hall–Kier alpha value is -6.64. The van der Waals surface area contributed by atoms with Gasteiger partial charge in [-0.2, -0.15) is 0 Å². The summed E-state index contributed by atoms with van der Waals surface area (Å²) in [6, 6.07) is 61.4. The molecule has 2 nitrogen and oxygen atoms in total. The van der Waals surface area contributed by atoms with Crippen LogP contribution in [0.1, 0.15) is 5.56 Å². The molecule has 0 unspecified atom stereocenters. The fourth-order valence-electron chi connectivity index (χ4n) is 7.49. The maximum Gasteiger partial charge on any atom is 0.0541 e. The molecule has 0 fully saturated rings. The van der Waals surface area contributed by atoms with Crippen molar-refractivity contribution in [3.63, 3.8) is 0 Å². The molecule has 0 atom stereocenters. The van der Waals surface area contributed by atoms with Gasteiger partial charge in [-0.25, -0.2) is 0 Å². The van der Waals surface area contributed by atoms with Crippen LogP contribution in [0.3, 0.4) is 0 Å². The number of hydrogen-bond donors (Lipinski definition) is 0. The van der Waals surface area contributed by atoms with E-state index < -0.39 is 0 Å². The number of hydrogen-bond acceptors (Lipinski definition) is 1. The molecule has 1 aromatic heterocycles. The number of benzene rings is 7. The number of anilines is 2. The standard InChI is InChI=1S/C49H36N2/c1-35-16-6-5-15-31-50(40-21-11-4-12-22-40)49-33-39(25-28-42(35)49)38-26-30-48-46(32-38)44-23-13-14-24-47(44)51(48)41-27-29-43(36-17-7-2-8-18-36)45(34-41)37-19-9-3-10-20-37/h2-30,32-34H,1,31H2/b15-5-,16-6-. The van der Waals surface area contributed by atoms with Crippen LogP contribution in [0.4, 0.5) is 11.4 Å². The third kappa shape index (κ3) is 5.57. The lowest BCUT2D eigenvalue weighted by Gasteiger charge is -2.27. The summed E-state index contributed by atoms with van der Waals surface area (Å²) >= 11 is 0. The average molecular weight is 653 g/mol. The van der Waals surface area contributed by atoms with Crippen LogP contribution in [-0.4, -0.2) is 11.1 Å². The van der Waals surface area contributed by atoms with Gasteiger partial charge in [0.1, 0.15) is 0 Å². The summed E-state index contributed by atoms with van der Waals surface area (Å²) in [4.78, 5) is 2.38. The van der Waals surface area contributed by atoms with Gasteiger partial charge in [-0.1, -0.05) is 152 Å². The zero-order chi connectivity index (χ0) is 34.1. The second-order valence-corrected chi connectivity index (χ2v) is 13.0. The molecule has 1 aliphatic rings. The lowest BCUT2D eigenvalue weighted by molar-refractivity contribution is 1.09. The van der Waals surface area contributed by atoms with Crippen LogP contribution in [0.15, 0.2) is 201 Å². The molecular weight excluding hydrogens is 617 g/mol. The molecule has 2 heteroatoms. The predicted molar refractivity (Wildman–Crippen MR) is 218 cm³/mol. The van der Waals surface area contributed by atoms with Crippen molar-refractivity contribution >= 4 is 38.8 Å². The highest BCUT2D eigenvalue weighted by atomic mass is 15.1. The molecule has 51 heavy (non-hydrogen) atoms. The van der Waals surface area contributed by atoms with Crippen LogP contribution in [0.5, 0.6) is 0 Å². The van der Waals surface area contributed by atoms with Gasteiger partial charge in [-0.15, -0.1) is 0 Å². The Morgan fingerprint density at radius 3 is 1.84 bits per heavy atom. The van der Waals surface area contributed by atoms with Gasteiger partial charge in [0.25, 0.3) is 0 Å². The van der Waals surface area contributed by atoms with E-state index >= 15 is 0 Å². The smallest absolute Gasteiger partial charge is 0.0541 e. The highest BCUT2D eigenvalue weighted by molar-refractivity contribution is 6.10. The molecule has 8 aromatic rings. The molecule has 1 aliphatic heterocycles. The number of allylic oxidation sites excluding steroid dienone is 4. The lowest BCUT2D eigenvalue weighted by Crippen LogP contribution is -2.18. The van der Waals surface area contributed by atoms with Gasteiger partial charge in [-0.3, -0.25) is 0 Å². The molecule has 0 bridgehead atoms. The second kappa shape index (κ2) is 13.0. The summed E-state index contributed by atoms with van der Waals surface area (Å²) < 4.78 is 2.42. The summed E-state index contributed by atoms with van der Waals surface area (Å²) in [5.74, 6) is 0. The van der Waals surface area contributed by atoms with Crippen molar-refractivity contribution in [3.8, 4) is 39.1 Å². The van der Waals surface area contributed by atoms with Gasteiger partial charge in [0.2, 0.25) is 0 Å². The van der Waals surface area contributed by atoms with Crippen LogP contribution in [0.2, 0.25) is 0 Å². The Kier molecular flexibility index (Phi) is 7.75. The maximum absolute atomic E-state index is 4.43. The molecule has 0 saturated carbocycles. The van der Waals surface area contributed by atoms with Gasteiger partial charge < -0.3 is 9.47 Å². The number of rotatable bonds is 5. The van der Waals surface area contributed by atoms with Crippen LogP contribution in [-0.2, 0) is 0 Å². The Bertz CT molecular complexity index is 2610. The van der Waals surface area contributed by atoms with Crippen molar-refractivity contribution in [2.75, 3.05) is 11.4 Å². The average Bonchev–Trinajstić information content (AvgIpc) is 3.56. The minimum atomic E-state index is 0.763. The van der Waals surface area contributed by atoms with Gasteiger partial charge in [0.05, 0.1) is 11.0 Å². The zero-order valence-electron chi connectivity index (χ0n) is 28.3. The van der Waals surface area contributed by atoms with E-state index in [1.165, 1.54) is 55.2 Å². The van der Waals surface area contributed by atoms with Crippen molar-refractivity contribution in [1.29, 1.82) is 0 Å². The first-order valence-electron chi connectivity index (χ1n) is 17.5. The summed E-state index contributed by atoms with van der Waals surface area (Å²) in [6.45, 7) is 5.20. The molecule has 242 valence electrons. The summed E-state index contributed by atoms with van der Waals surface area (Å²) in [7, 11) is 0. The molecule has 0 saturated heterocycles. The third-order valence-corrected chi connectivity index (χ3v) is 9.97. The first kappa shape index (κ1) is 30.4. The summed E-state index contributed by atoms with van der Waals surface area (Å²) in [5, 5.41) is 2.47. The molecule has 0 amide bonds. The van der Waals surface area contributed by atoms with Crippen LogP contribution >= 0.6 is 0 Å². The Balaban J connectivity index is 1.21. The Morgan fingerprint density at radius 1 is 0.431 bits per heavy atom. The quantitative estimate of drug-likeness (QED) is 0.180. The number of nitrogens with zero attached hydrogens (tertiary/aromatic N) is 2. The predicted octanol–water partition coefficient (Wildman–Crippen LogP) is 13.1. The molecule has 0 N–H and O–H groups in total. The van der Waals surface area contributed by atoms with E-state index in [4.69, 9.17) is 0 Å². The monoisotopic (exact) mass is 652 g/mol. The largest absolute Gasteiger partial charge is 0.337 e. The summed E-state index contributed by atoms with van der Waals surface area (Å²) in [6.07, 6.45) is 8.49. The topological polar surface area (TPSA) is 8.17 Å². The molecular formula is C49H36N2. The molecule has 9 rings (SSSR count). The van der Waals surface area contributed by atoms with E-state index in [0.29, 0.717) is 0 Å². The highest BCUT2D eigenvalue weighted by Gasteiger charge is 2.19.